The van der Waals surface area contributed by atoms with E-state index in [9.17, 15) is 9.59 Å². The zero-order chi connectivity index (χ0) is 26.9. The molecule has 2 atom stereocenters. The molecule has 3 rings (SSSR count). The van der Waals surface area contributed by atoms with E-state index in [4.69, 9.17) is 9.47 Å². The summed E-state index contributed by atoms with van der Waals surface area (Å²) in [4.78, 5) is 25.5. The number of fused-ring (bicyclic) bond motifs is 1. The minimum Gasteiger partial charge on any atom is -0.465 e. The topological polar surface area (TPSA) is 52.6 Å². The predicted molar refractivity (Wildman–Crippen MR) is 148 cm³/mol. The van der Waals surface area contributed by atoms with Gasteiger partial charge in [-0.05, 0) is 42.2 Å². The van der Waals surface area contributed by atoms with E-state index in [0.717, 1.165) is 47.1 Å². The van der Waals surface area contributed by atoms with Crippen molar-refractivity contribution < 1.29 is 19.1 Å². The second-order valence-electron chi connectivity index (χ2n) is 10.7. The fraction of sp³-hybridized carbons (Fsp3) is 0.562. The lowest BCUT2D eigenvalue weighted by Crippen LogP contribution is -2.15. The van der Waals surface area contributed by atoms with Crippen molar-refractivity contribution in [2.45, 2.75) is 105 Å². The van der Waals surface area contributed by atoms with Crippen LogP contribution in [0, 0.1) is 12.8 Å². The Hall–Kier alpha value is -2.62. The molecule has 198 valence electrons. The van der Waals surface area contributed by atoms with Crippen LogP contribution in [0.5, 0.6) is 5.75 Å². The summed E-state index contributed by atoms with van der Waals surface area (Å²) in [7, 11) is 0. The van der Waals surface area contributed by atoms with Crippen LogP contribution in [0.15, 0.2) is 36.4 Å². The van der Waals surface area contributed by atoms with Gasteiger partial charge in [0.2, 0.25) is 0 Å². The van der Waals surface area contributed by atoms with Crippen molar-refractivity contribution in [3.05, 3.63) is 64.2 Å². The summed E-state index contributed by atoms with van der Waals surface area (Å²) in [5.41, 5.74) is 4.79. The normalized spacial score (nSPS) is 15.4. The Bertz CT molecular complexity index is 1020. The van der Waals surface area contributed by atoms with Gasteiger partial charge in [-0.2, -0.15) is 0 Å². The van der Waals surface area contributed by atoms with E-state index in [-0.39, 0.29) is 17.4 Å². The number of benzene rings is 2. The largest absolute Gasteiger partial charge is 0.465 e. The molecule has 0 saturated heterocycles. The maximum Gasteiger partial charge on any atom is 0.323 e. The van der Waals surface area contributed by atoms with Crippen LogP contribution in [0.2, 0.25) is 0 Å². The lowest BCUT2D eigenvalue weighted by atomic mass is 9.81. The Morgan fingerprint density at radius 2 is 1.83 bits per heavy atom. The minimum absolute atomic E-state index is 0.157. The van der Waals surface area contributed by atoms with Gasteiger partial charge in [-0.3, -0.25) is 9.59 Å². The molecule has 2 unspecified atom stereocenters. The number of esters is 2. The van der Waals surface area contributed by atoms with Gasteiger partial charge in [-0.25, -0.2) is 0 Å². The van der Waals surface area contributed by atoms with Crippen molar-refractivity contribution in [2.24, 2.45) is 5.92 Å². The van der Waals surface area contributed by atoms with Crippen molar-refractivity contribution >= 4 is 11.9 Å². The third-order valence-electron chi connectivity index (χ3n) is 6.75. The SMILES string of the molecule is CC.CCCCC(CC)COC(=O)CCc1cc2c(c(C(C)(C)C)c1)OC(=O)C2c1cccc(C)c1. The number of unbranched alkanes of at least 4 members (excludes halogenated alkanes) is 1. The van der Waals surface area contributed by atoms with Crippen LogP contribution < -0.4 is 4.74 Å². The van der Waals surface area contributed by atoms with Gasteiger partial charge in [0.05, 0.1) is 6.61 Å². The molecule has 2 aromatic carbocycles. The van der Waals surface area contributed by atoms with Crippen LogP contribution in [0.1, 0.15) is 114 Å². The summed E-state index contributed by atoms with van der Waals surface area (Å²) in [5, 5.41) is 0. The van der Waals surface area contributed by atoms with Gasteiger partial charge in [0.1, 0.15) is 11.7 Å². The number of carbonyl (C=O) groups is 2. The van der Waals surface area contributed by atoms with Crippen LogP contribution in [0.4, 0.5) is 0 Å². The first-order valence-electron chi connectivity index (χ1n) is 13.7. The van der Waals surface area contributed by atoms with Gasteiger partial charge in [0, 0.05) is 17.5 Å². The highest BCUT2D eigenvalue weighted by atomic mass is 16.5. The van der Waals surface area contributed by atoms with Gasteiger partial charge >= 0.3 is 11.9 Å². The van der Waals surface area contributed by atoms with E-state index in [1.807, 2.05) is 51.1 Å². The molecule has 1 aliphatic rings. The maximum atomic E-state index is 13.0. The molecular formula is C32H46O4. The molecule has 4 nitrogen and oxygen atoms in total. The standard InChI is InChI=1S/C30H40O4.C2H6/c1-7-9-12-21(8-2)19-33-26(31)15-14-22-17-24-27(23-13-10-11-20(3)16-23)29(32)34-28(24)25(18-22)30(4,5)6;1-2/h10-11,13,16-18,21,27H,7-9,12,14-15,19H2,1-6H3;1-2H3. The molecular weight excluding hydrogens is 448 g/mol. The molecule has 1 heterocycles. The number of hydrogen-bond donors (Lipinski definition) is 0. The molecule has 0 saturated carbocycles. The van der Waals surface area contributed by atoms with E-state index in [0.29, 0.717) is 31.1 Å². The molecule has 0 aromatic heterocycles. The Morgan fingerprint density at radius 3 is 2.44 bits per heavy atom. The first-order chi connectivity index (χ1) is 17.1. The summed E-state index contributed by atoms with van der Waals surface area (Å²) in [5.74, 6) is 0.286. The van der Waals surface area contributed by atoms with E-state index in [2.05, 4.69) is 40.7 Å². The Balaban J connectivity index is 0.00000222. The summed E-state index contributed by atoms with van der Waals surface area (Å²) < 4.78 is 11.4. The molecule has 0 fully saturated rings. The second-order valence-corrected chi connectivity index (χ2v) is 10.7. The molecule has 2 aromatic rings. The second kappa shape index (κ2) is 13.6. The zero-order valence-electron chi connectivity index (χ0n) is 23.7. The molecule has 0 radical (unpaired) electrons. The molecule has 0 N–H and O–H groups in total. The monoisotopic (exact) mass is 494 g/mol. The fourth-order valence-corrected chi connectivity index (χ4v) is 4.62. The Morgan fingerprint density at radius 1 is 1.11 bits per heavy atom. The van der Waals surface area contributed by atoms with Crippen molar-refractivity contribution in [1.29, 1.82) is 0 Å². The molecule has 4 heteroatoms. The van der Waals surface area contributed by atoms with Crippen molar-refractivity contribution in [3.63, 3.8) is 0 Å². The van der Waals surface area contributed by atoms with Crippen LogP contribution in [-0.4, -0.2) is 18.5 Å². The van der Waals surface area contributed by atoms with Gasteiger partial charge in [-0.15, -0.1) is 0 Å². The zero-order valence-corrected chi connectivity index (χ0v) is 23.7. The van der Waals surface area contributed by atoms with E-state index < -0.39 is 5.92 Å². The first-order valence-corrected chi connectivity index (χ1v) is 13.7. The highest BCUT2D eigenvalue weighted by molar-refractivity contribution is 5.90. The van der Waals surface area contributed by atoms with E-state index in [1.165, 1.54) is 6.42 Å². The van der Waals surface area contributed by atoms with Crippen LogP contribution in [0.3, 0.4) is 0 Å². The third-order valence-corrected chi connectivity index (χ3v) is 6.75. The van der Waals surface area contributed by atoms with Gasteiger partial charge in [-0.1, -0.05) is 110 Å². The number of ether oxygens (including phenoxy) is 2. The van der Waals surface area contributed by atoms with Gasteiger partial charge < -0.3 is 9.47 Å². The van der Waals surface area contributed by atoms with E-state index >= 15 is 0 Å². The molecule has 0 bridgehead atoms. The Labute approximate surface area is 218 Å². The molecule has 36 heavy (non-hydrogen) atoms. The Kier molecular flexibility index (Phi) is 11.2. The number of carbonyl (C=O) groups excluding carboxylic acids is 2. The maximum absolute atomic E-state index is 13.0. The average molecular weight is 495 g/mol. The lowest BCUT2D eigenvalue weighted by molar-refractivity contribution is -0.145. The third kappa shape index (κ3) is 7.69. The summed E-state index contributed by atoms with van der Waals surface area (Å²) in [6, 6.07) is 12.2. The highest BCUT2D eigenvalue weighted by Crippen LogP contribution is 2.46. The smallest absolute Gasteiger partial charge is 0.323 e. The average Bonchev–Trinajstić information content (AvgIpc) is 3.18. The number of rotatable bonds is 10. The van der Waals surface area contributed by atoms with Crippen LogP contribution >= 0.6 is 0 Å². The summed E-state index contributed by atoms with van der Waals surface area (Å²) in [6.07, 6.45) is 5.38. The predicted octanol–water partition coefficient (Wildman–Crippen LogP) is 8.06. The molecule has 0 aliphatic carbocycles. The minimum atomic E-state index is -0.438. The quantitative estimate of drug-likeness (QED) is 0.247. The number of hydrogen-bond acceptors (Lipinski definition) is 4. The fourth-order valence-electron chi connectivity index (χ4n) is 4.62. The summed E-state index contributed by atoms with van der Waals surface area (Å²) in [6.45, 7) is 17.2. The van der Waals surface area contributed by atoms with Crippen LogP contribution in [-0.2, 0) is 26.2 Å². The molecule has 0 amide bonds. The van der Waals surface area contributed by atoms with Crippen molar-refractivity contribution in [3.8, 4) is 5.75 Å². The van der Waals surface area contributed by atoms with E-state index in [1.54, 1.807) is 0 Å². The highest BCUT2D eigenvalue weighted by Gasteiger charge is 2.38. The number of aryl methyl sites for hydroxylation is 2. The first kappa shape index (κ1) is 29.6. The van der Waals surface area contributed by atoms with Crippen LogP contribution in [0.25, 0.3) is 0 Å². The molecule has 0 spiro atoms. The lowest BCUT2D eigenvalue weighted by Gasteiger charge is -2.23. The van der Waals surface area contributed by atoms with Crippen molar-refractivity contribution in [1.82, 2.24) is 0 Å². The van der Waals surface area contributed by atoms with Crippen molar-refractivity contribution in [2.75, 3.05) is 6.61 Å². The molecule has 1 aliphatic heterocycles. The summed E-state index contributed by atoms with van der Waals surface area (Å²) >= 11 is 0. The van der Waals surface area contributed by atoms with Gasteiger partial charge in [0.15, 0.2) is 0 Å². The van der Waals surface area contributed by atoms with Gasteiger partial charge in [0.25, 0.3) is 0 Å².